The summed E-state index contributed by atoms with van der Waals surface area (Å²) in [5.41, 5.74) is 0.944. The summed E-state index contributed by atoms with van der Waals surface area (Å²) >= 11 is 4.98. The predicted octanol–water partition coefficient (Wildman–Crippen LogP) is 4.23. The molecule has 2 aromatic heterocycles. The maximum absolute atomic E-state index is 5.23. The molecule has 5 heteroatoms. The Balaban J connectivity index is 1.98. The first kappa shape index (κ1) is 10.7. The highest BCUT2D eigenvalue weighted by atomic mass is 79.9. The lowest BCUT2D eigenvalue weighted by atomic mass is 10.2. The van der Waals surface area contributed by atoms with Crippen molar-refractivity contribution in [2.75, 3.05) is 0 Å². The smallest absolute Gasteiger partial charge is 0.268 e. The normalized spacial score (nSPS) is 10.6. The van der Waals surface area contributed by atoms with Gasteiger partial charge in [0.1, 0.15) is 0 Å². The van der Waals surface area contributed by atoms with Gasteiger partial charge in [0.25, 0.3) is 5.89 Å². The van der Waals surface area contributed by atoms with Crippen LogP contribution < -0.4 is 0 Å². The molecule has 0 fully saturated rings. The maximum Gasteiger partial charge on any atom is 0.268 e. The first-order valence-corrected chi connectivity index (χ1v) is 6.64. The van der Waals surface area contributed by atoms with Gasteiger partial charge in [-0.2, -0.15) is 4.98 Å². The molecule has 0 amide bonds. The number of halogens is 1. The van der Waals surface area contributed by atoms with E-state index >= 15 is 0 Å². The Labute approximate surface area is 110 Å². The Hall–Kier alpha value is -1.46. The molecular formula is C12H7BrN2OS. The molecule has 0 spiro atoms. The summed E-state index contributed by atoms with van der Waals surface area (Å²) in [6.07, 6.45) is 0. The second-order valence-corrected chi connectivity index (χ2v) is 5.27. The van der Waals surface area contributed by atoms with Crippen molar-refractivity contribution in [1.29, 1.82) is 0 Å². The zero-order valence-electron chi connectivity index (χ0n) is 8.63. The lowest BCUT2D eigenvalue weighted by Crippen LogP contribution is -1.79. The number of thiophene rings is 1. The number of hydrogen-bond donors (Lipinski definition) is 0. The van der Waals surface area contributed by atoms with E-state index in [4.69, 9.17) is 4.52 Å². The largest absolute Gasteiger partial charge is 0.333 e. The maximum atomic E-state index is 5.23. The fraction of sp³-hybridized carbons (Fsp3) is 0. The van der Waals surface area contributed by atoms with Gasteiger partial charge in [-0.05, 0) is 35.7 Å². The van der Waals surface area contributed by atoms with Gasteiger partial charge in [0.15, 0.2) is 0 Å². The Kier molecular flexibility index (Phi) is 2.78. The van der Waals surface area contributed by atoms with Crippen LogP contribution in [0, 0.1) is 0 Å². The first-order valence-electron chi connectivity index (χ1n) is 4.96. The number of benzene rings is 1. The van der Waals surface area contributed by atoms with E-state index in [0.717, 1.165) is 14.9 Å². The van der Waals surface area contributed by atoms with Crippen LogP contribution in [-0.4, -0.2) is 10.1 Å². The molecule has 0 atom stereocenters. The number of rotatable bonds is 2. The third kappa shape index (κ3) is 2.16. The molecule has 0 saturated carbocycles. The van der Waals surface area contributed by atoms with Crippen molar-refractivity contribution in [3.8, 4) is 22.2 Å². The van der Waals surface area contributed by atoms with Gasteiger partial charge in [0, 0.05) is 10.0 Å². The second kappa shape index (κ2) is 4.43. The van der Waals surface area contributed by atoms with Crippen LogP contribution in [0.4, 0.5) is 0 Å². The Morgan fingerprint density at radius 2 is 1.94 bits per heavy atom. The summed E-state index contributed by atoms with van der Waals surface area (Å²) in [6, 6.07) is 11.7. The molecule has 84 valence electrons. The van der Waals surface area contributed by atoms with Gasteiger partial charge in [-0.1, -0.05) is 27.2 Å². The monoisotopic (exact) mass is 306 g/mol. The van der Waals surface area contributed by atoms with E-state index in [-0.39, 0.29) is 0 Å². The molecule has 1 aromatic carbocycles. The predicted molar refractivity (Wildman–Crippen MR) is 70.7 cm³/mol. The van der Waals surface area contributed by atoms with Gasteiger partial charge in [-0.25, -0.2) is 0 Å². The van der Waals surface area contributed by atoms with Crippen molar-refractivity contribution < 1.29 is 4.52 Å². The zero-order chi connectivity index (χ0) is 11.7. The van der Waals surface area contributed by atoms with E-state index in [1.54, 1.807) is 11.3 Å². The van der Waals surface area contributed by atoms with E-state index in [9.17, 15) is 0 Å². The summed E-state index contributed by atoms with van der Waals surface area (Å²) in [7, 11) is 0. The molecule has 0 radical (unpaired) electrons. The van der Waals surface area contributed by atoms with Gasteiger partial charge < -0.3 is 4.52 Å². The molecule has 3 nitrogen and oxygen atoms in total. The second-order valence-electron chi connectivity index (χ2n) is 3.41. The SMILES string of the molecule is Brc1ccc(-c2noc(-c3cccs3)n2)cc1. The zero-order valence-corrected chi connectivity index (χ0v) is 11.0. The minimum absolute atomic E-state index is 0.568. The van der Waals surface area contributed by atoms with Crippen LogP contribution in [0.1, 0.15) is 0 Å². The van der Waals surface area contributed by atoms with Crippen LogP contribution in [0.5, 0.6) is 0 Å². The number of hydrogen-bond acceptors (Lipinski definition) is 4. The molecule has 3 rings (SSSR count). The third-order valence-corrected chi connectivity index (χ3v) is 3.65. The van der Waals surface area contributed by atoms with E-state index in [1.807, 2.05) is 41.8 Å². The van der Waals surface area contributed by atoms with Crippen molar-refractivity contribution >= 4 is 27.3 Å². The first-order chi connectivity index (χ1) is 8.33. The fourth-order valence-electron chi connectivity index (χ4n) is 1.44. The molecule has 0 saturated heterocycles. The van der Waals surface area contributed by atoms with Crippen LogP contribution >= 0.6 is 27.3 Å². The fourth-order valence-corrected chi connectivity index (χ4v) is 2.35. The summed E-state index contributed by atoms with van der Waals surface area (Å²) in [5, 5.41) is 5.96. The van der Waals surface area contributed by atoms with Gasteiger partial charge in [-0.15, -0.1) is 11.3 Å². The topological polar surface area (TPSA) is 38.9 Å². The van der Waals surface area contributed by atoms with Crippen LogP contribution in [0.15, 0.2) is 50.8 Å². The van der Waals surface area contributed by atoms with Crippen LogP contribution in [0.2, 0.25) is 0 Å². The van der Waals surface area contributed by atoms with Crippen molar-refractivity contribution in [1.82, 2.24) is 10.1 Å². The summed E-state index contributed by atoms with van der Waals surface area (Å²) in [5.74, 6) is 1.18. The Morgan fingerprint density at radius 1 is 1.12 bits per heavy atom. The van der Waals surface area contributed by atoms with Crippen molar-refractivity contribution in [3.63, 3.8) is 0 Å². The molecule has 0 unspecified atom stereocenters. The molecule has 0 N–H and O–H groups in total. The summed E-state index contributed by atoms with van der Waals surface area (Å²) in [4.78, 5) is 5.36. The van der Waals surface area contributed by atoms with Crippen molar-refractivity contribution in [2.24, 2.45) is 0 Å². The molecule has 0 bridgehead atoms. The Bertz CT molecular complexity index is 616. The van der Waals surface area contributed by atoms with E-state index in [0.29, 0.717) is 11.7 Å². The average Bonchev–Trinajstić information content (AvgIpc) is 3.00. The highest BCUT2D eigenvalue weighted by Gasteiger charge is 2.10. The number of nitrogens with zero attached hydrogens (tertiary/aromatic N) is 2. The summed E-state index contributed by atoms with van der Waals surface area (Å²) in [6.45, 7) is 0. The quantitative estimate of drug-likeness (QED) is 0.711. The lowest BCUT2D eigenvalue weighted by molar-refractivity contribution is 0.433. The third-order valence-electron chi connectivity index (χ3n) is 2.26. The molecular weight excluding hydrogens is 300 g/mol. The molecule has 2 heterocycles. The van der Waals surface area contributed by atoms with Crippen LogP contribution in [0.25, 0.3) is 22.2 Å². The van der Waals surface area contributed by atoms with Gasteiger partial charge in [0.05, 0.1) is 4.88 Å². The van der Waals surface area contributed by atoms with Gasteiger partial charge in [0.2, 0.25) is 5.82 Å². The molecule has 0 aliphatic rings. The average molecular weight is 307 g/mol. The van der Waals surface area contributed by atoms with E-state index < -0.39 is 0 Å². The minimum Gasteiger partial charge on any atom is -0.333 e. The molecule has 0 aliphatic heterocycles. The van der Waals surface area contributed by atoms with Crippen molar-refractivity contribution in [3.05, 3.63) is 46.3 Å². The standard InChI is InChI=1S/C12H7BrN2OS/c13-9-5-3-8(4-6-9)11-14-12(16-15-11)10-2-1-7-17-10/h1-7H. The van der Waals surface area contributed by atoms with Gasteiger partial charge in [-0.3, -0.25) is 0 Å². The molecule has 17 heavy (non-hydrogen) atoms. The van der Waals surface area contributed by atoms with E-state index in [2.05, 4.69) is 26.1 Å². The molecule has 3 aromatic rings. The van der Waals surface area contributed by atoms with Gasteiger partial charge >= 0.3 is 0 Å². The lowest BCUT2D eigenvalue weighted by Gasteiger charge is -1.93. The highest BCUT2D eigenvalue weighted by Crippen LogP contribution is 2.26. The number of aromatic nitrogens is 2. The Morgan fingerprint density at radius 3 is 2.65 bits per heavy atom. The minimum atomic E-state index is 0.568. The van der Waals surface area contributed by atoms with E-state index in [1.165, 1.54) is 0 Å². The van der Waals surface area contributed by atoms with Crippen LogP contribution in [-0.2, 0) is 0 Å². The highest BCUT2D eigenvalue weighted by molar-refractivity contribution is 9.10. The molecule has 0 aliphatic carbocycles. The summed E-state index contributed by atoms with van der Waals surface area (Å²) < 4.78 is 6.26. The van der Waals surface area contributed by atoms with Crippen LogP contribution in [0.3, 0.4) is 0 Å². The van der Waals surface area contributed by atoms with Crippen molar-refractivity contribution in [2.45, 2.75) is 0 Å².